The number of thiazole rings is 1. The van der Waals surface area contributed by atoms with E-state index in [0.29, 0.717) is 10.2 Å². The van der Waals surface area contributed by atoms with E-state index in [9.17, 15) is 24.5 Å². The second-order valence-electron chi connectivity index (χ2n) is 5.72. The first-order chi connectivity index (χ1) is 12.9. The lowest BCUT2D eigenvalue weighted by atomic mass is 10.1. The Labute approximate surface area is 155 Å². The molecule has 10 heteroatoms. The fourth-order valence-electron chi connectivity index (χ4n) is 2.77. The first-order valence-corrected chi connectivity index (χ1v) is 8.56. The average Bonchev–Trinajstić information content (AvgIpc) is 3.15. The number of amides is 3. The maximum Gasteiger partial charge on any atom is 0.271 e. The molecule has 0 atom stereocenters. The fourth-order valence-corrected chi connectivity index (χ4v) is 3.63. The number of carbonyl (C=O) groups excluding carboxylic acids is 3. The smallest absolute Gasteiger partial charge is 0.271 e. The number of imide groups is 1. The van der Waals surface area contributed by atoms with Crippen LogP contribution in [0.1, 0.15) is 20.7 Å². The minimum atomic E-state index is -0.585. The number of nitro benzene ring substituents is 1. The highest BCUT2D eigenvalue weighted by molar-refractivity contribution is 7.22. The summed E-state index contributed by atoms with van der Waals surface area (Å²) in [7, 11) is 0. The maximum absolute atomic E-state index is 12.3. The molecule has 1 aliphatic rings. The Bertz CT molecular complexity index is 1100. The second kappa shape index (κ2) is 6.25. The normalized spacial score (nSPS) is 13.1. The zero-order valence-corrected chi connectivity index (χ0v) is 14.4. The summed E-state index contributed by atoms with van der Waals surface area (Å²) in [6.45, 7) is -0.442. The van der Waals surface area contributed by atoms with Crippen LogP contribution in [0, 0.1) is 10.1 Å². The first-order valence-electron chi connectivity index (χ1n) is 7.74. The van der Waals surface area contributed by atoms with Gasteiger partial charge in [-0.25, -0.2) is 4.98 Å². The Morgan fingerprint density at radius 1 is 1.15 bits per heavy atom. The lowest BCUT2D eigenvalue weighted by Gasteiger charge is -2.12. The number of nitrogens with zero attached hydrogens (tertiary/aromatic N) is 3. The third-order valence-electron chi connectivity index (χ3n) is 4.01. The Morgan fingerprint density at radius 2 is 1.81 bits per heavy atom. The van der Waals surface area contributed by atoms with E-state index < -0.39 is 29.2 Å². The molecule has 9 nitrogen and oxygen atoms in total. The van der Waals surface area contributed by atoms with E-state index >= 15 is 0 Å². The third kappa shape index (κ3) is 2.91. The van der Waals surface area contributed by atoms with Gasteiger partial charge in [0, 0.05) is 12.1 Å². The number of fused-ring (bicyclic) bond motifs is 2. The molecule has 0 bridgehead atoms. The van der Waals surface area contributed by atoms with Gasteiger partial charge >= 0.3 is 0 Å². The number of aromatic nitrogens is 1. The molecule has 3 amide bonds. The summed E-state index contributed by atoms with van der Waals surface area (Å²) in [6, 6.07) is 10.6. The number of hydrogen-bond donors (Lipinski definition) is 1. The van der Waals surface area contributed by atoms with Gasteiger partial charge in [-0.1, -0.05) is 23.5 Å². The number of nitrogens with one attached hydrogen (secondary N) is 1. The van der Waals surface area contributed by atoms with Gasteiger partial charge in [0.05, 0.1) is 26.3 Å². The van der Waals surface area contributed by atoms with Gasteiger partial charge in [0.25, 0.3) is 17.5 Å². The summed E-state index contributed by atoms with van der Waals surface area (Å²) in [6.07, 6.45) is 0. The van der Waals surface area contributed by atoms with Gasteiger partial charge in [0.15, 0.2) is 5.13 Å². The van der Waals surface area contributed by atoms with E-state index in [1.807, 2.05) is 0 Å². The zero-order chi connectivity index (χ0) is 19.1. The van der Waals surface area contributed by atoms with Crippen molar-refractivity contribution in [2.45, 2.75) is 0 Å². The predicted octanol–water partition coefficient (Wildman–Crippen LogP) is 2.44. The number of anilines is 1. The predicted molar refractivity (Wildman–Crippen MR) is 96.7 cm³/mol. The number of carbonyl (C=O) groups is 3. The average molecular weight is 382 g/mol. The summed E-state index contributed by atoms with van der Waals surface area (Å²) in [5, 5.41) is 13.6. The molecule has 0 unspecified atom stereocenters. The van der Waals surface area contributed by atoms with E-state index in [4.69, 9.17) is 0 Å². The quantitative estimate of drug-likeness (QED) is 0.420. The largest absolute Gasteiger partial charge is 0.300 e. The molecule has 2 heterocycles. The monoisotopic (exact) mass is 382 g/mol. The van der Waals surface area contributed by atoms with E-state index in [1.54, 1.807) is 18.2 Å². The Kier molecular flexibility index (Phi) is 3.89. The molecule has 0 aliphatic carbocycles. The molecule has 0 spiro atoms. The van der Waals surface area contributed by atoms with Crippen molar-refractivity contribution in [2.75, 3.05) is 11.9 Å². The van der Waals surface area contributed by atoms with E-state index in [-0.39, 0.29) is 21.9 Å². The van der Waals surface area contributed by atoms with Crippen molar-refractivity contribution in [3.63, 3.8) is 0 Å². The fraction of sp³-hybridized carbons (Fsp3) is 0.0588. The highest BCUT2D eigenvalue weighted by Gasteiger charge is 2.36. The van der Waals surface area contributed by atoms with Gasteiger partial charge < -0.3 is 5.32 Å². The minimum Gasteiger partial charge on any atom is -0.300 e. The van der Waals surface area contributed by atoms with Crippen LogP contribution in [0.2, 0.25) is 0 Å². The van der Waals surface area contributed by atoms with Crippen molar-refractivity contribution in [1.82, 2.24) is 9.88 Å². The van der Waals surface area contributed by atoms with Gasteiger partial charge in [0.2, 0.25) is 5.91 Å². The molecule has 0 saturated heterocycles. The van der Waals surface area contributed by atoms with Crippen molar-refractivity contribution in [2.24, 2.45) is 0 Å². The number of rotatable bonds is 4. The zero-order valence-electron chi connectivity index (χ0n) is 13.5. The summed E-state index contributed by atoms with van der Waals surface area (Å²) in [4.78, 5) is 52.1. The van der Waals surface area contributed by atoms with Gasteiger partial charge in [-0.3, -0.25) is 29.4 Å². The van der Waals surface area contributed by atoms with Crippen LogP contribution in [-0.4, -0.2) is 39.1 Å². The van der Waals surface area contributed by atoms with Crippen LogP contribution < -0.4 is 5.32 Å². The first kappa shape index (κ1) is 16.8. The van der Waals surface area contributed by atoms with Crippen LogP contribution in [0.15, 0.2) is 42.5 Å². The minimum absolute atomic E-state index is 0.100. The molecule has 0 saturated carbocycles. The Hall–Kier alpha value is -3.66. The molecular formula is C17H10N4O5S. The topological polar surface area (TPSA) is 123 Å². The van der Waals surface area contributed by atoms with Crippen molar-refractivity contribution >= 4 is 50.1 Å². The summed E-state index contributed by atoms with van der Waals surface area (Å²) < 4.78 is 0.664. The molecule has 0 radical (unpaired) electrons. The van der Waals surface area contributed by atoms with Gasteiger partial charge in [-0.05, 0) is 18.2 Å². The SMILES string of the molecule is O=C(CN1C(=O)c2ccccc2C1=O)Nc1nc2cc([N+](=O)[O-])ccc2s1. The highest BCUT2D eigenvalue weighted by Crippen LogP contribution is 2.29. The Balaban J connectivity index is 1.50. The lowest BCUT2D eigenvalue weighted by Crippen LogP contribution is -2.37. The van der Waals surface area contributed by atoms with Crippen LogP contribution in [0.4, 0.5) is 10.8 Å². The van der Waals surface area contributed by atoms with Crippen molar-refractivity contribution in [3.05, 3.63) is 63.7 Å². The maximum atomic E-state index is 12.3. The van der Waals surface area contributed by atoms with Crippen molar-refractivity contribution in [1.29, 1.82) is 0 Å². The van der Waals surface area contributed by atoms with Crippen LogP contribution in [0.3, 0.4) is 0 Å². The van der Waals surface area contributed by atoms with Crippen LogP contribution in [0.25, 0.3) is 10.2 Å². The van der Waals surface area contributed by atoms with Crippen molar-refractivity contribution < 1.29 is 19.3 Å². The standard InChI is InChI=1S/C17H10N4O5S/c22-14(8-20-15(23)10-3-1-2-4-11(10)16(20)24)19-17-18-12-7-9(21(25)26)5-6-13(12)27-17/h1-7H,8H2,(H,18,19,22). The summed E-state index contributed by atoms with van der Waals surface area (Å²) in [5.41, 5.74) is 0.812. The number of hydrogen-bond acceptors (Lipinski definition) is 7. The van der Waals surface area contributed by atoms with Gasteiger partial charge in [-0.15, -0.1) is 0 Å². The van der Waals surface area contributed by atoms with Crippen LogP contribution in [-0.2, 0) is 4.79 Å². The third-order valence-corrected chi connectivity index (χ3v) is 4.96. The molecule has 4 rings (SSSR count). The summed E-state index contributed by atoms with van der Waals surface area (Å²) >= 11 is 1.14. The lowest BCUT2D eigenvalue weighted by molar-refractivity contribution is -0.384. The van der Waals surface area contributed by atoms with Gasteiger partial charge in [-0.2, -0.15) is 0 Å². The molecule has 1 N–H and O–H groups in total. The molecule has 0 fully saturated rings. The molecule has 1 aliphatic heterocycles. The molecule has 1 aromatic heterocycles. The summed E-state index contributed by atoms with van der Waals surface area (Å²) in [5.74, 6) is -1.63. The van der Waals surface area contributed by atoms with E-state index in [0.717, 1.165) is 16.2 Å². The van der Waals surface area contributed by atoms with Crippen LogP contribution in [0.5, 0.6) is 0 Å². The molecular weight excluding hydrogens is 372 g/mol. The van der Waals surface area contributed by atoms with Crippen molar-refractivity contribution in [3.8, 4) is 0 Å². The number of non-ortho nitro benzene ring substituents is 1. The van der Waals surface area contributed by atoms with Gasteiger partial charge in [0.1, 0.15) is 6.54 Å². The molecule has 3 aromatic rings. The second-order valence-corrected chi connectivity index (χ2v) is 6.75. The molecule has 27 heavy (non-hydrogen) atoms. The van der Waals surface area contributed by atoms with E-state index in [1.165, 1.54) is 24.3 Å². The Morgan fingerprint density at radius 3 is 2.44 bits per heavy atom. The number of nitro groups is 1. The number of benzene rings is 2. The molecule has 2 aromatic carbocycles. The van der Waals surface area contributed by atoms with Crippen LogP contribution >= 0.6 is 11.3 Å². The highest BCUT2D eigenvalue weighted by atomic mass is 32.1. The van der Waals surface area contributed by atoms with E-state index in [2.05, 4.69) is 10.3 Å². The molecule has 134 valence electrons.